The molecule has 0 aliphatic rings. The molecule has 0 fully saturated rings. The predicted octanol–water partition coefficient (Wildman–Crippen LogP) is 3.35. The normalized spacial score (nSPS) is 10.7. The van der Waals surface area contributed by atoms with Gasteiger partial charge in [0.1, 0.15) is 10.1 Å². The Labute approximate surface area is 89.1 Å². The summed E-state index contributed by atoms with van der Waals surface area (Å²) in [5.41, 5.74) is 2.62. The Hall–Kier alpha value is -0.670. The van der Waals surface area contributed by atoms with Gasteiger partial charge in [0.05, 0.1) is 10.5 Å². The molecule has 4 heteroatoms. The van der Waals surface area contributed by atoms with Gasteiger partial charge in [-0.25, -0.2) is 4.98 Å². The van der Waals surface area contributed by atoms with Crippen LogP contribution in [0.3, 0.4) is 0 Å². The number of fused-ring (bicyclic) bond motifs is 1. The number of rotatable bonds is 0. The van der Waals surface area contributed by atoms with Crippen LogP contribution in [0.25, 0.3) is 11.0 Å². The third-order valence-electron chi connectivity index (χ3n) is 1.79. The molecule has 0 aliphatic carbocycles. The lowest BCUT2D eigenvalue weighted by Crippen LogP contribution is -1.87. The third-order valence-corrected chi connectivity index (χ3v) is 2.90. The van der Waals surface area contributed by atoms with Crippen molar-refractivity contribution in [3.8, 4) is 0 Å². The molecule has 0 spiro atoms. The largest absolute Gasteiger partial charge is 0.254 e. The molecule has 0 aromatic carbocycles. The monoisotopic (exact) mass is 256 g/mol. The third kappa shape index (κ3) is 1.54. The molecule has 2 aromatic rings. The molecule has 2 rings (SSSR count). The van der Waals surface area contributed by atoms with Crippen molar-refractivity contribution in [3.63, 3.8) is 0 Å². The molecule has 2 heterocycles. The van der Waals surface area contributed by atoms with Crippen LogP contribution in [0.5, 0.6) is 0 Å². The van der Waals surface area contributed by atoms with Gasteiger partial charge in [0.15, 0.2) is 0 Å². The van der Waals surface area contributed by atoms with E-state index in [0.29, 0.717) is 5.02 Å². The first-order valence-electron chi connectivity index (χ1n) is 3.76. The average Bonchev–Trinajstić information content (AvgIpc) is 2.09. The topological polar surface area (TPSA) is 25.8 Å². The fraction of sp³-hybridized carbons (Fsp3) is 0.111. The number of aryl methyl sites for hydroxylation is 1. The smallest absolute Gasteiger partial charge is 0.109 e. The maximum absolute atomic E-state index is 5.96. The minimum atomic E-state index is 0.630. The molecule has 13 heavy (non-hydrogen) atoms. The summed E-state index contributed by atoms with van der Waals surface area (Å²) in [7, 11) is 0. The van der Waals surface area contributed by atoms with Crippen LogP contribution in [0, 0.1) is 6.92 Å². The lowest BCUT2D eigenvalue weighted by Gasteiger charge is -2.01. The SMILES string of the molecule is Cc1cc2nccc(Cl)c2nc1Br. The Bertz CT molecular complexity index is 470. The fourth-order valence-electron chi connectivity index (χ4n) is 1.11. The van der Waals surface area contributed by atoms with Gasteiger partial charge in [0.2, 0.25) is 0 Å². The second kappa shape index (κ2) is 3.24. The van der Waals surface area contributed by atoms with Crippen molar-refractivity contribution in [3.05, 3.63) is 33.5 Å². The fourth-order valence-corrected chi connectivity index (χ4v) is 1.60. The summed E-state index contributed by atoms with van der Waals surface area (Å²) in [5.74, 6) is 0. The number of hydrogen-bond acceptors (Lipinski definition) is 2. The zero-order valence-corrected chi connectivity index (χ0v) is 9.22. The maximum atomic E-state index is 5.96. The second-order valence-electron chi connectivity index (χ2n) is 2.76. The molecule has 2 aromatic heterocycles. The highest BCUT2D eigenvalue weighted by Crippen LogP contribution is 2.23. The summed E-state index contributed by atoms with van der Waals surface area (Å²) >= 11 is 9.31. The van der Waals surface area contributed by atoms with Gasteiger partial charge in [-0.15, -0.1) is 0 Å². The van der Waals surface area contributed by atoms with Gasteiger partial charge in [-0.1, -0.05) is 11.6 Å². The van der Waals surface area contributed by atoms with E-state index in [1.165, 1.54) is 0 Å². The first kappa shape index (κ1) is 8.91. The Morgan fingerprint density at radius 3 is 3.00 bits per heavy atom. The lowest BCUT2D eigenvalue weighted by molar-refractivity contribution is 1.25. The standard InChI is InChI=1S/C9H6BrClN2/c1-5-4-7-8(13-9(5)10)6(11)2-3-12-7/h2-4H,1H3. The Kier molecular flexibility index (Phi) is 2.22. The molecule has 2 nitrogen and oxygen atoms in total. The van der Waals surface area contributed by atoms with E-state index in [0.717, 1.165) is 21.2 Å². The molecule has 0 atom stereocenters. The van der Waals surface area contributed by atoms with Crippen molar-refractivity contribution in [2.45, 2.75) is 6.92 Å². The Morgan fingerprint density at radius 1 is 1.46 bits per heavy atom. The highest BCUT2D eigenvalue weighted by molar-refractivity contribution is 9.10. The molecule has 0 saturated carbocycles. The average molecular weight is 258 g/mol. The molecule has 0 unspecified atom stereocenters. The van der Waals surface area contributed by atoms with Crippen LogP contribution in [0.2, 0.25) is 5.02 Å². The highest BCUT2D eigenvalue weighted by atomic mass is 79.9. The van der Waals surface area contributed by atoms with E-state index in [9.17, 15) is 0 Å². The van der Waals surface area contributed by atoms with Gasteiger partial charge in [-0.05, 0) is 40.5 Å². The van der Waals surface area contributed by atoms with Crippen LogP contribution in [0.4, 0.5) is 0 Å². The number of pyridine rings is 2. The van der Waals surface area contributed by atoms with E-state index in [-0.39, 0.29) is 0 Å². The second-order valence-corrected chi connectivity index (χ2v) is 3.91. The van der Waals surface area contributed by atoms with E-state index < -0.39 is 0 Å². The van der Waals surface area contributed by atoms with Gasteiger partial charge >= 0.3 is 0 Å². The van der Waals surface area contributed by atoms with E-state index in [4.69, 9.17) is 11.6 Å². The summed E-state index contributed by atoms with van der Waals surface area (Å²) in [6.45, 7) is 1.97. The van der Waals surface area contributed by atoms with Crippen LogP contribution >= 0.6 is 27.5 Å². The molecule has 66 valence electrons. The summed E-state index contributed by atoms with van der Waals surface area (Å²) in [6, 6.07) is 3.69. The predicted molar refractivity (Wildman–Crippen MR) is 57.0 cm³/mol. The van der Waals surface area contributed by atoms with Crippen LogP contribution in [-0.4, -0.2) is 9.97 Å². The summed E-state index contributed by atoms with van der Waals surface area (Å²) in [5, 5.41) is 0.630. The zero-order chi connectivity index (χ0) is 9.42. The summed E-state index contributed by atoms with van der Waals surface area (Å²) in [6.07, 6.45) is 1.68. The molecule has 0 aliphatic heterocycles. The van der Waals surface area contributed by atoms with Crippen LogP contribution in [0.1, 0.15) is 5.56 Å². The molecule has 0 bridgehead atoms. The van der Waals surface area contributed by atoms with Crippen molar-refractivity contribution >= 4 is 38.6 Å². The lowest BCUT2D eigenvalue weighted by atomic mass is 10.2. The van der Waals surface area contributed by atoms with Crippen LogP contribution in [-0.2, 0) is 0 Å². The van der Waals surface area contributed by atoms with Crippen molar-refractivity contribution in [2.24, 2.45) is 0 Å². The van der Waals surface area contributed by atoms with Gasteiger partial charge in [-0.2, -0.15) is 0 Å². The molecule has 0 N–H and O–H groups in total. The van der Waals surface area contributed by atoms with Crippen molar-refractivity contribution in [1.29, 1.82) is 0 Å². The number of halogens is 2. The number of nitrogens with zero attached hydrogens (tertiary/aromatic N) is 2. The summed E-state index contributed by atoms with van der Waals surface area (Å²) < 4.78 is 0.815. The number of aromatic nitrogens is 2. The van der Waals surface area contributed by atoms with Crippen LogP contribution < -0.4 is 0 Å². The minimum absolute atomic E-state index is 0.630. The molecule has 0 radical (unpaired) electrons. The van der Waals surface area contributed by atoms with Gasteiger partial charge in [-0.3, -0.25) is 4.98 Å². The van der Waals surface area contributed by atoms with Crippen molar-refractivity contribution < 1.29 is 0 Å². The molecular formula is C9H6BrClN2. The quantitative estimate of drug-likeness (QED) is 0.676. The molecule has 0 saturated heterocycles. The van der Waals surface area contributed by atoms with E-state index in [1.807, 2.05) is 13.0 Å². The zero-order valence-electron chi connectivity index (χ0n) is 6.88. The Morgan fingerprint density at radius 2 is 2.23 bits per heavy atom. The Balaban J connectivity index is 2.89. The first-order valence-corrected chi connectivity index (χ1v) is 4.93. The maximum Gasteiger partial charge on any atom is 0.109 e. The van der Waals surface area contributed by atoms with Gasteiger partial charge in [0.25, 0.3) is 0 Å². The van der Waals surface area contributed by atoms with Crippen molar-refractivity contribution in [2.75, 3.05) is 0 Å². The molecule has 0 amide bonds. The minimum Gasteiger partial charge on any atom is -0.254 e. The summed E-state index contributed by atoms with van der Waals surface area (Å²) in [4.78, 5) is 8.47. The first-order chi connectivity index (χ1) is 6.18. The van der Waals surface area contributed by atoms with E-state index in [1.54, 1.807) is 12.3 Å². The van der Waals surface area contributed by atoms with Gasteiger partial charge in [0, 0.05) is 6.20 Å². The highest BCUT2D eigenvalue weighted by Gasteiger charge is 2.04. The number of hydrogen-bond donors (Lipinski definition) is 0. The van der Waals surface area contributed by atoms with Gasteiger partial charge < -0.3 is 0 Å². The van der Waals surface area contributed by atoms with Crippen LogP contribution in [0.15, 0.2) is 22.9 Å². The molecular weight excluding hydrogens is 251 g/mol. The van der Waals surface area contributed by atoms with E-state index >= 15 is 0 Å². The van der Waals surface area contributed by atoms with E-state index in [2.05, 4.69) is 25.9 Å². The van der Waals surface area contributed by atoms with Crippen molar-refractivity contribution in [1.82, 2.24) is 9.97 Å².